The Morgan fingerprint density at radius 3 is 2.90 bits per heavy atom. The first-order chi connectivity index (χ1) is 14.8. The van der Waals surface area contributed by atoms with Crippen molar-refractivity contribution in [2.45, 2.75) is 25.5 Å². The monoisotopic (exact) mass is 432 g/mol. The van der Waals surface area contributed by atoms with E-state index in [1.807, 2.05) is 4.90 Å². The number of nitrogens with zero attached hydrogens (tertiary/aromatic N) is 5. The van der Waals surface area contributed by atoms with Gasteiger partial charge < -0.3 is 15.0 Å². The van der Waals surface area contributed by atoms with Gasteiger partial charge in [0.2, 0.25) is 5.91 Å². The molecule has 3 heterocycles. The Bertz CT molecular complexity index is 1030. The summed E-state index contributed by atoms with van der Waals surface area (Å²) in [6.07, 6.45) is 2.15. The Hall–Kier alpha value is -3.70. The van der Waals surface area contributed by atoms with Gasteiger partial charge in [0, 0.05) is 20.0 Å². The van der Waals surface area contributed by atoms with Crippen molar-refractivity contribution < 1.29 is 23.6 Å². The average Bonchev–Trinajstić information content (AvgIpc) is 3.45. The predicted octanol–water partition coefficient (Wildman–Crippen LogP) is 1.84. The lowest BCUT2D eigenvalue weighted by Gasteiger charge is -2.21. The second-order valence-corrected chi connectivity index (χ2v) is 7.51. The Balaban J connectivity index is 1.42. The maximum Gasteiger partial charge on any atom is 0.414 e. The maximum absolute atomic E-state index is 14.9. The van der Waals surface area contributed by atoms with Crippen molar-refractivity contribution >= 4 is 29.1 Å². The van der Waals surface area contributed by atoms with Crippen molar-refractivity contribution in [1.82, 2.24) is 15.1 Å². The summed E-state index contributed by atoms with van der Waals surface area (Å²) >= 11 is 0. The van der Waals surface area contributed by atoms with Crippen LogP contribution >= 0.6 is 0 Å². The minimum atomic E-state index is -0.594. The van der Waals surface area contributed by atoms with Crippen molar-refractivity contribution in [2.24, 2.45) is 0 Å². The van der Waals surface area contributed by atoms with Crippen LogP contribution in [0.4, 0.5) is 26.2 Å². The van der Waals surface area contributed by atoms with E-state index in [1.165, 1.54) is 30.3 Å². The molecule has 1 aromatic heterocycles. The second-order valence-electron chi connectivity index (χ2n) is 7.51. The van der Waals surface area contributed by atoms with E-state index in [9.17, 15) is 24.1 Å². The minimum absolute atomic E-state index is 0.0803. The smallest absolute Gasteiger partial charge is 0.414 e. The topological polar surface area (TPSA) is 123 Å². The van der Waals surface area contributed by atoms with Gasteiger partial charge in [-0.05, 0) is 24.6 Å². The van der Waals surface area contributed by atoms with Crippen molar-refractivity contribution in [2.75, 3.05) is 36.0 Å². The normalized spacial score (nSPS) is 20.8. The van der Waals surface area contributed by atoms with Crippen LogP contribution in [-0.2, 0) is 9.53 Å². The van der Waals surface area contributed by atoms with Gasteiger partial charge in [-0.25, -0.2) is 9.18 Å². The zero-order valence-electron chi connectivity index (χ0n) is 16.7. The van der Waals surface area contributed by atoms with E-state index in [-0.39, 0.29) is 30.7 Å². The van der Waals surface area contributed by atoms with Crippen molar-refractivity contribution in [1.29, 1.82) is 0 Å². The number of nitrogens with one attached hydrogen (secondary N) is 1. The van der Waals surface area contributed by atoms with Gasteiger partial charge in [-0.3, -0.25) is 24.5 Å². The molecule has 4 rings (SSSR count). The molecule has 1 N–H and O–H groups in total. The van der Waals surface area contributed by atoms with Gasteiger partial charge in [-0.15, -0.1) is 0 Å². The SMILES string of the molecule is CC(=O)NC[C@H]1CN(c2ccc(N3CC[C@H](n4cc([N+](=O)[O-])cn4)C3)c(F)c2)C(=O)O1. The maximum atomic E-state index is 14.9. The Morgan fingerprint density at radius 1 is 1.42 bits per heavy atom. The Kier molecular flexibility index (Phi) is 5.44. The average molecular weight is 432 g/mol. The highest BCUT2D eigenvalue weighted by atomic mass is 19.1. The van der Waals surface area contributed by atoms with E-state index in [1.54, 1.807) is 16.8 Å². The molecule has 0 spiro atoms. The van der Waals surface area contributed by atoms with Crippen LogP contribution in [0.25, 0.3) is 0 Å². The van der Waals surface area contributed by atoms with Gasteiger partial charge in [0.05, 0.1) is 35.4 Å². The molecule has 2 fully saturated rings. The molecule has 12 heteroatoms. The zero-order valence-corrected chi connectivity index (χ0v) is 16.7. The summed E-state index contributed by atoms with van der Waals surface area (Å²) in [7, 11) is 0. The number of ether oxygens (including phenoxy) is 1. The highest BCUT2D eigenvalue weighted by molar-refractivity contribution is 5.90. The summed E-state index contributed by atoms with van der Waals surface area (Å²) in [5, 5.41) is 17.5. The number of halogens is 1. The number of benzene rings is 1. The second kappa shape index (κ2) is 8.20. The number of hydrogen-bond acceptors (Lipinski definition) is 7. The van der Waals surface area contributed by atoms with Crippen LogP contribution in [0.1, 0.15) is 19.4 Å². The van der Waals surface area contributed by atoms with Crippen LogP contribution in [0, 0.1) is 15.9 Å². The van der Waals surface area contributed by atoms with Gasteiger partial charge in [0.1, 0.15) is 24.3 Å². The molecule has 2 amide bonds. The van der Waals surface area contributed by atoms with Crippen LogP contribution in [0.2, 0.25) is 0 Å². The molecule has 2 aromatic rings. The van der Waals surface area contributed by atoms with Gasteiger partial charge >= 0.3 is 11.8 Å². The standard InChI is InChI=1S/C19H21FN6O5/c1-12(27)21-8-16-11-24(19(28)31-16)13-2-3-18(17(20)6-13)23-5-4-14(9-23)25-10-15(7-22-25)26(29)30/h2-3,6-7,10,14,16H,4-5,8-9,11H2,1H3,(H,21,27)/t14-,16-/m0/s1. The number of nitro groups is 1. The summed E-state index contributed by atoms with van der Waals surface area (Å²) in [6.45, 7) is 2.80. The van der Waals surface area contributed by atoms with Crippen molar-refractivity contribution in [3.05, 3.63) is 46.5 Å². The van der Waals surface area contributed by atoms with Crippen LogP contribution in [0.15, 0.2) is 30.6 Å². The van der Waals surface area contributed by atoms with Crippen molar-refractivity contribution in [3.63, 3.8) is 0 Å². The minimum Gasteiger partial charge on any atom is -0.442 e. The molecule has 164 valence electrons. The van der Waals surface area contributed by atoms with Gasteiger partial charge in [0.25, 0.3) is 0 Å². The highest BCUT2D eigenvalue weighted by Crippen LogP contribution is 2.32. The zero-order chi connectivity index (χ0) is 22.1. The fraction of sp³-hybridized carbons (Fsp3) is 0.421. The first-order valence-electron chi connectivity index (χ1n) is 9.77. The first kappa shape index (κ1) is 20.6. The number of aromatic nitrogens is 2. The number of cyclic esters (lactones) is 1. The molecular formula is C19H21FN6O5. The number of anilines is 2. The van der Waals surface area contributed by atoms with E-state index in [2.05, 4.69) is 10.4 Å². The number of amides is 2. The third kappa shape index (κ3) is 4.27. The lowest BCUT2D eigenvalue weighted by atomic mass is 10.2. The summed E-state index contributed by atoms with van der Waals surface area (Å²) < 4.78 is 21.6. The molecule has 31 heavy (non-hydrogen) atoms. The molecular weight excluding hydrogens is 411 g/mol. The molecule has 0 bridgehead atoms. The molecule has 2 aliphatic rings. The molecule has 0 saturated carbocycles. The van der Waals surface area contributed by atoms with Gasteiger partial charge in [-0.1, -0.05) is 0 Å². The fourth-order valence-corrected chi connectivity index (χ4v) is 3.81. The van der Waals surface area contributed by atoms with E-state index >= 15 is 0 Å². The van der Waals surface area contributed by atoms with E-state index in [0.717, 1.165) is 0 Å². The van der Waals surface area contributed by atoms with Crippen LogP contribution in [0.3, 0.4) is 0 Å². The quantitative estimate of drug-likeness (QED) is 0.546. The molecule has 1 aromatic carbocycles. The number of carbonyl (C=O) groups excluding carboxylic acids is 2. The third-order valence-electron chi connectivity index (χ3n) is 5.37. The fourth-order valence-electron chi connectivity index (χ4n) is 3.81. The molecule has 2 saturated heterocycles. The number of rotatable bonds is 6. The first-order valence-corrected chi connectivity index (χ1v) is 9.77. The Labute approximate surface area is 176 Å². The summed E-state index contributed by atoms with van der Waals surface area (Å²) in [5.74, 6) is -0.707. The van der Waals surface area contributed by atoms with Crippen LogP contribution in [0.5, 0.6) is 0 Å². The third-order valence-corrected chi connectivity index (χ3v) is 5.37. The lowest BCUT2D eigenvalue weighted by molar-refractivity contribution is -0.385. The molecule has 2 aliphatic heterocycles. The van der Waals surface area contributed by atoms with E-state index in [0.29, 0.717) is 30.9 Å². The van der Waals surface area contributed by atoms with Gasteiger partial charge in [-0.2, -0.15) is 5.10 Å². The van der Waals surface area contributed by atoms with Crippen molar-refractivity contribution in [3.8, 4) is 0 Å². The number of hydrogen-bond donors (Lipinski definition) is 1. The number of carbonyl (C=O) groups is 2. The van der Waals surface area contributed by atoms with Crippen LogP contribution in [-0.4, -0.2) is 59.0 Å². The molecule has 0 radical (unpaired) electrons. The Morgan fingerprint density at radius 2 is 2.23 bits per heavy atom. The largest absolute Gasteiger partial charge is 0.442 e. The highest BCUT2D eigenvalue weighted by Gasteiger charge is 2.33. The van der Waals surface area contributed by atoms with Gasteiger partial charge in [0.15, 0.2) is 0 Å². The molecule has 11 nitrogen and oxygen atoms in total. The lowest BCUT2D eigenvalue weighted by Crippen LogP contribution is -2.33. The van der Waals surface area contributed by atoms with E-state index in [4.69, 9.17) is 4.74 Å². The van der Waals surface area contributed by atoms with Crippen LogP contribution < -0.4 is 15.1 Å². The van der Waals surface area contributed by atoms with E-state index < -0.39 is 22.9 Å². The predicted molar refractivity (Wildman–Crippen MR) is 107 cm³/mol. The molecule has 0 aliphatic carbocycles. The molecule has 0 unspecified atom stereocenters. The molecule has 2 atom stereocenters. The summed E-state index contributed by atoms with van der Waals surface area (Å²) in [4.78, 5) is 36.7. The summed E-state index contributed by atoms with van der Waals surface area (Å²) in [5.41, 5.74) is 0.675. The summed E-state index contributed by atoms with van der Waals surface area (Å²) in [6, 6.07) is 4.43.